The zero-order valence-electron chi connectivity index (χ0n) is 13.1. The molecule has 0 aliphatic carbocycles. The third kappa shape index (κ3) is 5.09. The first-order valence-electron chi connectivity index (χ1n) is 7.18. The fraction of sp³-hybridized carbons (Fsp3) is 0.857. The van der Waals surface area contributed by atoms with Crippen LogP contribution in [0.25, 0.3) is 0 Å². The predicted molar refractivity (Wildman–Crippen MR) is 77.3 cm³/mol. The van der Waals surface area contributed by atoms with Crippen LogP contribution in [0.1, 0.15) is 34.6 Å². The molecular weight excluding hydrogens is 258 g/mol. The third-order valence-corrected chi connectivity index (χ3v) is 3.13. The van der Waals surface area contributed by atoms with Crippen molar-refractivity contribution in [3.63, 3.8) is 0 Å². The summed E-state index contributed by atoms with van der Waals surface area (Å²) in [5, 5.41) is 8.84. The van der Waals surface area contributed by atoms with E-state index in [0.29, 0.717) is 13.2 Å². The van der Waals surface area contributed by atoms with E-state index in [-0.39, 0.29) is 29.3 Å². The molecule has 0 spiro atoms. The van der Waals surface area contributed by atoms with Crippen LogP contribution in [-0.4, -0.2) is 49.2 Å². The molecule has 0 aromatic rings. The topological polar surface area (TPSA) is 79.5 Å². The molecule has 0 aromatic heterocycles. The number of carbonyl (C=O) groups is 2. The maximum absolute atomic E-state index is 12.2. The molecule has 0 aromatic carbocycles. The molecule has 116 valence electrons. The fourth-order valence-electron chi connectivity index (χ4n) is 2.14. The first-order chi connectivity index (χ1) is 9.24. The van der Waals surface area contributed by atoms with Crippen LogP contribution >= 0.6 is 0 Å². The second kappa shape index (κ2) is 7.04. The van der Waals surface area contributed by atoms with E-state index in [1.165, 1.54) is 0 Å². The molecule has 1 rings (SSSR count). The Kier molecular flexibility index (Phi) is 5.95. The Bertz CT molecular complexity index is 352. The average molecular weight is 285 g/mol. The summed E-state index contributed by atoms with van der Waals surface area (Å²) in [6.45, 7) is 11.1. The van der Waals surface area contributed by atoms with Gasteiger partial charge in [0.05, 0.1) is 19.1 Å². The first-order valence-corrected chi connectivity index (χ1v) is 7.18. The Morgan fingerprint density at radius 3 is 2.50 bits per heavy atom. The molecule has 1 aliphatic rings. The van der Waals surface area contributed by atoms with E-state index >= 15 is 0 Å². The van der Waals surface area contributed by atoms with E-state index < -0.39 is 6.04 Å². The number of likely N-dealkylation sites (N-methyl/N-ethyl adjacent to an activating group) is 1. The van der Waals surface area contributed by atoms with Gasteiger partial charge in [0, 0.05) is 11.6 Å². The molecule has 6 heteroatoms. The molecule has 1 aliphatic heterocycles. The maximum Gasteiger partial charge on any atom is 0.242 e. The smallest absolute Gasteiger partial charge is 0.242 e. The van der Waals surface area contributed by atoms with E-state index in [9.17, 15) is 9.59 Å². The number of hydrogen-bond acceptors (Lipinski definition) is 4. The number of rotatable bonds is 5. The van der Waals surface area contributed by atoms with Crippen LogP contribution in [0.3, 0.4) is 0 Å². The molecule has 1 saturated heterocycles. The highest BCUT2D eigenvalue weighted by Gasteiger charge is 2.34. The van der Waals surface area contributed by atoms with Crippen molar-refractivity contribution >= 4 is 11.8 Å². The summed E-state index contributed by atoms with van der Waals surface area (Å²) in [4.78, 5) is 24.1. The Morgan fingerprint density at radius 1 is 1.30 bits per heavy atom. The van der Waals surface area contributed by atoms with Crippen molar-refractivity contribution in [3.05, 3.63) is 0 Å². The SMILES string of the molecule is CCNC1COCC1C(=O)NC(C)C(=O)NC(C)(C)C. The lowest BCUT2D eigenvalue weighted by atomic mass is 10.0. The quantitative estimate of drug-likeness (QED) is 0.666. The lowest BCUT2D eigenvalue weighted by Crippen LogP contribution is -2.53. The van der Waals surface area contributed by atoms with Gasteiger partial charge in [-0.3, -0.25) is 9.59 Å². The Morgan fingerprint density at radius 2 is 1.95 bits per heavy atom. The summed E-state index contributed by atoms with van der Waals surface area (Å²) < 4.78 is 5.34. The average Bonchev–Trinajstić information content (AvgIpc) is 2.75. The molecule has 2 amide bonds. The standard InChI is InChI=1S/C14H27N3O3/c1-6-15-11-8-20-7-10(11)13(19)16-9(2)12(18)17-14(3,4)5/h9-11,15H,6-8H2,1-5H3,(H,16,19)(H,17,18). The second-order valence-corrected chi connectivity index (χ2v) is 6.28. The van der Waals surface area contributed by atoms with Gasteiger partial charge in [-0.05, 0) is 34.2 Å². The van der Waals surface area contributed by atoms with E-state index in [1.807, 2.05) is 27.7 Å². The molecule has 3 unspecified atom stereocenters. The van der Waals surface area contributed by atoms with Gasteiger partial charge in [-0.2, -0.15) is 0 Å². The van der Waals surface area contributed by atoms with Gasteiger partial charge < -0.3 is 20.7 Å². The van der Waals surface area contributed by atoms with E-state index in [2.05, 4.69) is 16.0 Å². The van der Waals surface area contributed by atoms with Gasteiger partial charge >= 0.3 is 0 Å². The highest BCUT2D eigenvalue weighted by Crippen LogP contribution is 2.14. The van der Waals surface area contributed by atoms with E-state index in [4.69, 9.17) is 4.74 Å². The van der Waals surface area contributed by atoms with Crippen LogP contribution in [0.15, 0.2) is 0 Å². The maximum atomic E-state index is 12.2. The number of hydrogen-bond donors (Lipinski definition) is 3. The minimum absolute atomic E-state index is 0.0258. The summed E-state index contributed by atoms with van der Waals surface area (Å²) in [5.74, 6) is -0.547. The predicted octanol–water partition coefficient (Wildman–Crippen LogP) is 0.0303. The summed E-state index contributed by atoms with van der Waals surface area (Å²) in [7, 11) is 0. The zero-order chi connectivity index (χ0) is 15.3. The molecule has 3 atom stereocenters. The fourth-order valence-corrected chi connectivity index (χ4v) is 2.14. The number of amides is 2. The minimum atomic E-state index is -0.551. The van der Waals surface area contributed by atoms with Crippen molar-refractivity contribution in [1.82, 2.24) is 16.0 Å². The van der Waals surface area contributed by atoms with Gasteiger partial charge in [0.2, 0.25) is 11.8 Å². The third-order valence-electron chi connectivity index (χ3n) is 3.13. The second-order valence-electron chi connectivity index (χ2n) is 6.28. The lowest BCUT2D eigenvalue weighted by molar-refractivity contribution is -0.131. The Hall–Kier alpha value is -1.14. The van der Waals surface area contributed by atoms with Crippen LogP contribution in [0.5, 0.6) is 0 Å². The van der Waals surface area contributed by atoms with Gasteiger partial charge in [-0.25, -0.2) is 0 Å². The van der Waals surface area contributed by atoms with Crippen molar-refractivity contribution in [1.29, 1.82) is 0 Å². The molecule has 20 heavy (non-hydrogen) atoms. The minimum Gasteiger partial charge on any atom is -0.379 e. The summed E-state index contributed by atoms with van der Waals surface area (Å²) in [6.07, 6.45) is 0. The van der Waals surface area contributed by atoms with Gasteiger partial charge in [0.25, 0.3) is 0 Å². The van der Waals surface area contributed by atoms with Crippen molar-refractivity contribution in [2.45, 2.75) is 52.2 Å². The van der Waals surface area contributed by atoms with Crippen LogP contribution in [-0.2, 0) is 14.3 Å². The monoisotopic (exact) mass is 285 g/mol. The largest absolute Gasteiger partial charge is 0.379 e. The van der Waals surface area contributed by atoms with Crippen LogP contribution in [0.4, 0.5) is 0 Å². The molecule has 6 nitrogen and oxygen atoms in total. The van der Waals surface area contributed by atoms with Gasteiger partial charge in [0.15, 0.2) is 0 Å². The van der Waals surface area contributed by atoms with Gasteiger partial charge in [-0.1, -0.05) is 6.92 Å². The van der Waals surface area contributed by atoms with Crippen LogP contribution in [0, 0.1) is 5.92 Å². The van der Waals surface area contributed by atoms with Crippen molar-refractivity contribution in [2.75, 3.05) is 19.8 Å². The molecule has 1 fully saturated rings. The molecule has 1 heterocycles. The zero-order valence-corrected chi connectivity index (χ0v) is 13.1. The Labute approximate surface area is 121 Å². The van der Waals surface area contributed by atoms with Crippen LogP contribution < -0.4 is 16.0 Å². The van der Waals surface area contributed by atoms with E-state index in [0.717, 1.165) is 6.54 Å². The highest BCUT2D eigenvalue weighted by molar-refractivity contribution is 5.88. The molecule has 0 radical (unpaired) electrons. The van der Waals surface area contributed by atoms with Crippen molar-refractivity contribution < 1.29 is 14.3 Å². The van der Waals surface area contributed by atoms with Gasteiger partial charge in [-0.15, -0.1) is 0 Å². The van der Waals surface area contributed by atoms with Crippen molar-refractivity contribution in [3.8, 4) is 0 Å². The van der Waals surface area contributed by atoms with Crippen molar-refractivity contribution in [2.24, 2.45) is 5.92 Å². The van der Waals surface area contributed by atoms with Gasteiger partial charge in [0.1, 0.15) is 6.04 Å². The number of carbonyl (C=O) groups excluding carboxylic acids is 2. The summed E-state index contributed by atoms with van der Waals surface area (Å²) >= 11 is 0. The molecule has 0 saturated carbocycles. The first kappa shape index (κ1) is 16.9. The Balaban J connectivity index is 2.50. The summed E-state index contributed by atoms with van der Waals surface area (Å²) in [6, 6.07) is -0.525. The molecular formula is C14H27N3O3. The van der Waals surface area contributed by atoms with Crippen LogP contribution in [0.2, 0.25) is 0 Å². The molecule has 0 bridgehead atoms. The number of nitrogens with one attached hydrogen (secondary N) is 3. The summed E-state index contributed by atoms with van der Waals surface area (Å²) in [5.41, 5.74) is -0.307. The molecule has 3 N–H and O–H groups in total. The van der Waals surface area contributed by atoms with E-state index in [1.54, 1.807) is 6.92 Å². The lowest BCUT2D eigenvalue weighted by Gasteiger charge is -2.25. The highest BCUT2D eigenvalue weighted by atomic mass is 16.5. The number of ether oxygens (including phenoxy) is 1. The normalized spacial score (nSPS) is 24.2.